The Kier molecular flexibility index (Phi) is 4.82. The van der Waals surface area contributed by atoms with Gasteiger partial charge < -0.3 is 10.5 Å². The highest BCUT2D eigenvalue weighted by Gasteiger charge is 1.80. The van der Waals surface area contributed by atoms with Crippen molar-refractivity contribution >= 4 is 5.91 Å². The molecule has 3 nitrogen and oxygen atoms in total. The molecule has 0 aromatic carbocycles. The fourth-order valence-electron chi connectivity index (χ4n) is 0.350. The van der Waals surface area contributed by atoms with Gasteiger partial charge in [-0.05, 0) is 6.92 Å². The molecule has 0 aromatic heterocycles. The minimum atomic E-state index is -0.435. The van der Waals surface area contributed by atoms with Gasteiger partial charge in [0.15, 0.2) is 0 Å². The SMILES string of the molecule is CCOC/C=C/C(N)=O. The van der Waals surface area contributed by atoms with Gasteiger partial charge in [-0.2, -0.15) is 0 Å². The Labute approximate surface area is 54.5 Å². The Morgan fingerprint density at radius 1 is 1.78 bits per heavy atom. The van der Waals surface area contributed by atoms with Crippen molar-refractivity contribution in [3.63, 3.8) is 0 Å². The average molecular weight is 129 g/mol. The normalized spacial score (nSPS) is 10.3. The summed E-state index contributed by atoms with van der Waals surface area (Å²) in [4.78, 5) is 10.0. The van der Waals surface area contributed by atoms with Crippen molar-refractivity contribution in [1.82, 2.24) is 0 Å². The van der Waals surface area contributed by atoms with Gasteiger partial charge in [0.2, 0.25) is 5.91 Å². The lowest BCUT2D eigenvalue weighted by molar-refractivity contribution is -0.113. The van der Waals surface area contributed by atoms with Gasteiger partial charge in [-0.15, -0.1) is 0 Å². The summed E-state index contributed by atoms with van der Waals surface area (Å²) < 4.78 is 4.89. The summed E-state index contributed by atoms with van der Waals surface area (Å²) in [5.41, 5.74) is 4.79. The van der Waals surface area contributed by atoms with Crippen molar-refractivity contribution in [2.75, 3.05) is 13.2 Å². The van der Waals surface area contributed by atoms with E-state index >= 15 is 0 Å². The van der Waals surface area contributed by atoms with Crippen molar-refractivity contribution in [3.8, 4) is 0 Å². The van der Waals surface area contributed by atoms with Crippen LogP contribution in [0, 0.1) is 0 Å². The van der Waals surface area contributed by atoms with Crippen LogP contribution in [0.4, 0.5) is 0 Å². The van der Waals surface area contributed by atoms with Gasteiger partial charge in [-0.1, -0.05) is 6.08 Å². The summed E-state index contributed by atoms with van der Waals surface area (Å²) in [6.07, 6.45) is 2.88. The fourth-order valence-corrected chi connectivity index (χ4v) is 0.350. The Morgan fingerprint density at radius 3 is 2.89 bits per heavy atom. The first-order valence-electron chi connectivity index (χ1n) is 2.81. The van der Waals surface area contributed by atoms with Crippen LogP contribution in [0.1, 0.15) is 6.92 Å². The third-order valence-corrected chi connectivity index (χ3v) is 0.700. The maximum Gasteiger partial charge on any atom is 0.241 e. The molecule has 0 bridgehead atoms. The molecule has 0 aliphatic heterocycles. The highest BCUT2D eigenvalue weighted by molar-refractivity contribution is 5.85. The van der Waals surface area contributed by atoms with Gasteiger partial charge in [-0.25, -0.2) is 0 Å². The molecule has 0 spiro atoms. The zero-order valence-electron chi connectivity index (χ0n) is 5.46. The van der Waals surface area contributed by atoms with E-state index in [0.29, 0.717) is 13.2 Å². The van der Waals surface area contributed by atoms with Gasteiger partial charge in [-0.3, -0.25) is 4.79 Å². The number of carbonyl (C=O) groups is 1. The van der Waals surface area contributed by atoms with Crippen LogP contribution in [0.15, 0.2) is 12.2 Å². The molecule has 1 amide bonds. The molecule has 3 heteroatoms. The van der Waals surface area contributed by atoms with Crippen molar-refractivity contribution in [1.29, 1.82) is 0 Å². The zero-order chi connectivity index (χ0) is 7.11. The first-order valence-corrected chi connectivity index (χ1v) is 2.81. The van der Waals surface area contributed by atoms with Gasteiger partial charge in [0.25, 0.3) is 0 Å². The molecular formula is C6H11NO2. The Hall–Kier alpha value is -0.830. The molecule has 0 aliphatic rings. The average Bonchev–Trinajstić information content (AvgIpc) is 1.80. The molecule has 2 N–H and O–H groups in total. The third kappa shape index (κ3) is 7.17. The molecular weight excluding hydrogens is 118 g/mol. The standard InChI is InChI=1S/C6H11NO2/c1-2-9-5-3-4-6(7)8/h3-4H,2,5H2,1H3,(H2,7,8)/b4-3+. The Balaban J connectivity index is 3.15. The second-order valence-electron chi connectivity index (χ2n) is 1.46. The monoisotopic (exact) mass is 129 g/mol. The first-order chi connectivity index (χ1) is 4.27. The predicted octanol–water partition coefficient (Wildman–Crippen LogP) is 0.0644. The molecule has 0 radical (unpaired) electrons. The lowest BCUT2D eigenvalue weighted by atomic mass is 10.5. The fraction of sp³-hybridized carbons (Fsp3) is 0.500. The molecule has 0 saturated carbocycles. The molecule has 0 rings (SSSR count). The number of hydrogen-bond donors (Lipinski definition) is 1. The summed E-state index contributed by atoms with van der Waals surface area (Å²) in [7, 11) is 0. The number of amides is 1. The Bertz CT molecular complexity index is 110. The largest absolute Gasteiger partial charge is 0.378 e. The van der Waals surface area contributed by atoms with Crippen LogP contribution in [0.25, 0.3) is 0 Å². The van der Waals surface area contributed by atoms with Crippen LogP contribution in [0.3, 0.4) is 0 Å². The van der Waals surface area contributed by atoms with Crippen molar-refractivity contribution in [2.24, 2.45) is 5.73 Å². The van der Waals surface area contributed by atoms with E-state index in [1.165, 1.54) is 6.08 Å². The maximum absolute atomic E-state index is 10.0. The molecule has 0 atom stereocenters. The first kappa shape index (κ1) is 8.17. The van der Waals surface area contributed by atoms with Gasteiger partial charge >= 0.3 is 0 Å². The Morgan fingerprint density at radius 2 is 2.44 bits per heavy atom. The lowest BCUT2D eigenvalue weighted by Gasteiger charge is -1.90. The van der Waals surface area contributed by atoms with Gasteiger partial charge in [0.1, 0.15) is 0 Å². The van der Waals surface area contributed by atoms with E-state index in [0.717, 1.165) is 0 Å². The maximum atomic E-state index is 10.0. The zero-order valence-corrected chi connectivity index (χ0v) is 5.46. The molecule has 0 aliphatic carbocycles. The summed E-state index contributed by atoms with van der Waals surface area (Å²) in [5.74, 6) is -0.435. The number of primary amides is 1. The van der Waals surface area contributed by atoms with E-state index in [1.54, 1.807) is 6.08 Å². The minimum absolute atomic E-state index is 0.435. The molecule has 0 heterocycles. The molecule has 9 heavy (non-hydrogen) atoms. The third-order valence-electron chi connectivity index (χ3n) is 0.700. The van der Waals surface area contributed by atoms with Crippen LogP contribution in [0.2, 0.25) is 0 Å². The topological polar surface area (TPSA) is 52.3 Å². The number of ether oxygens (including phenoxy) is 1. The van der Waals surface area contributed by atoms with Crippen LogP contribution in [-0.4, -0.2) is 19.1 Å². The molecule has 0 aromatic rings. The summed E-state index contributed by atoms with van der Waals surface area (Å²) >= 11 is 0. The number of rotatable bonds is 4. The predicted molar refractivity (Wildman–Crippen MR) is 34.8 cm³/mol. The number of carbonyl (C=O) groups excluding carboxylic acids is 1. The highest BCUT2D eigenvalue weighted by atomic mass is 16.5. The highest BCUT2D eigenvalue weighted by Crippen LogP contribution is 1.75. The summed E-state index contributed by atoms with van der Waals surface area (Å²) in [6, 6.07) is 0. The van der Waals surface area contributed by atoms with Gasteiger partial charge in [0, 0.05) is 12.7 Å². The van der Waals surface area contributed by atoms with E-state index in [1.807, 2.05) is 6.92 Å². The quantitative estimate of drug-likeness (QED) is 0.431. The molecule has 0 fully saturated rings. The van der Waals surface area contributed by atoms with Crippen LogP contribution in [-0.2, 0) is 9.53 Å². The van der Waals surface area contributed by atoms with Gasteiger partial charge in [0.05, 0.1) is 6.61 Å². The van der Waals surface area contributed by atoms with Crippen LogP contribution < -0.4 is 5.73 Å². The second-order valence-corrected chi connectivity index (χ2v) is 1.46. The van der Waals surface area contributed by atoms with Crippen molar-refractivity contribution in [3.05, 3.63) is 12.2 Å². The molecule has 0 saturated heterocycles. The van der Waals surface area contributed by atoms with E-state index in [2.05, 4.69) is 0 Å². The van der Waals surface area contributed by atoms with Crippen molar-refractivity contribution < 1.29 is 9.53 Å². The summed E-state index contributed by atoms with van der Waals surface area (Å²) in [6.45, 7) is 3.00. The number of nitrogens with two attached hydrogens (primary N) is 1. The van der Waals surface area contributed by atoms with E-state index < -0.39 is 5.91 Å². The number of hydrogen-bond acceptors (Lipinski definition) is 2. The van der Waals surface area contributed by atoms with Crippen LogP contribution in [0.5, 0.6) is 0 Å². The van der Waals surface area contributed by atoms with E-state index in [9.17, 15) is 4.79 Å². The van der Waals surface area contributed by atoms with Crippen molar-refractivity contribution in [2.45, 2.75) is 6.92 Å². The molecule has 0 unspecified atom stereocenters. The van der Waals surface area contributed by atoms with Crippen LogP contribution >= 0.6 is 0 Å². The summed E-state index contributed by atoms with van der Waals surface area (Å²) in [5, 5.41) is 0. The van der Waals surface area contributed by atoms with E-state index in [4.69, 9.17) is 10.5 Å². The lowest BCUT2D eigenvalue weighted by Crippen LogP contribution is -2.05. The smallest absolute Gasteiger partial charge is 0.241 e. The minimum Gasteiger partial charge on any atom is -0.378 e. The molecule has 52 valence electrons. The second kappa shape index (κ2) is 5.31. The van der Waals surface area contributed by atoms with E-state index in [-0.39, 0.29) is 0 Å².